The maximum absolute atomic E-state index is 9.70. The number of benzene rings is 2. The normalized spacial score (nSPS) is 12.1. The summed E-state index contributed by atoms with van der Waals surface area (Å²) in [4.78, 5) is 0. The van der Waals surface area contributed by atoms with Crippen LogP contribution in [-0.2, 0) is 11.2 Å². The monoisotopic (exact) mass is 272 g/mol. The summed E-state index contributed by atoms with van der Waals surface area (Å²) in [6.07, 6.45) is -0.123. The molecule has 0 radical (unpaired) electrons. The average molecular weight is 272 g/mol. The van der Waals surface area contributed by atoms with Crippen molar-refractivity contribution in [2.24, 2.45) is 0 Å². The first-order chi connectivity index (χ1) is 9.74. The quantitative estimate of drug-likeness (QED) is 0.788. The molecule has 2 aromatic rings. The van der Waals surface area contributed by atoms with Crippen LogP contribution in [0.25, 0.3) is 0 Å². The lowest BCUT2D eigenvalue weighted by molar-refractivity contribution is -0.118. The molecule has 3 nitrogen and oxygen atoms in total. The molecule has 0 saturated carbocycles. The van der Waals surface area contributed by atoms with Gasteiger partial charge in [0.1, 0.15) is 12.4 Å². The molecule has 0 saturated heterocycles. The van der Waals surface area contributed by atoms with E-state index in [1.807, 2.05) is 61.5 Å². The zero-order valence-corrected chi connectivity index (χ0v) is 11.7. The molecule has 0 spiro atoms. The minimum absolute atomic E-state index is 0.137. The first kappa shape index (κ1) is 14.6. The van der Waals surface area contributed by atoms with Crippen molar-refractivity contribution in [3.63, 3.8) is 0 Å². The van der Waals surface area contributed by atoms with Gasteiger partial charge in [0, 0.05) is 0 Å². The van der Waals surface area contributed by atoms with Gasteiger partial charge in [0.05, 0.1) is 6.61 Å². The molecule has 0 aliphatic rings. The summed E-state index contributed by atoms with van der Waals surface area (Å²) in [5.74, 6) is 0.737. The van der Waals surface area contributed by atoms with Crippen LogP contribution >= 0.6 is 0 Å². The molecule has 2 aromatic carbocycles. The van der Waals surface area contributed by atoms with Gasteiger partial charge in [-0.15, -0.1) is 0 Å². The van der Waals surface area contributed by atoms with E-state index >= 15 is 0 Å². The number of hydrogen-bond acceptors (Lipinski definition) is 3. The summed E-state index contributed by atoms with van der Waals surface area (Å²) in [5, 5.41) is 9.70. The molecule has 0 bridgehead atoms. The number of ether oxygens (including phenoxy) is 2. The van der Waals surface area contributed by atoms with Crippen LogP contribution in [-0.4, -0.2) is 24.6 Å². The second kappa shape index (κ2) is 7.68. The van der Waals surface area contributed by atoms with Crippen molar-refractivity contribution in [2.75, 3.05) is 13.2 Å². The Morgan fingerprint density at radius 3 is 2.40 bits per heavy atom. The molecule has 0 aliphatic carbocycles. The van der Waals surface area contributed by atoms with Crippen molar-refractivity contribution in [3.05, 3.63) is 65.7 Å². The zero-order chi connectivity index (χ0) is 14.2. The van der Waals surface area contributed by atoms with E-state index in [1.54, 1.807) is 0 Å². The third kappa shape index (κ3) is 5.03. The highest BCUT2D eigenvalue weighted by atomic mass is 16.6. The molecule has 1 unspecified atom stereocenters. The Balaban J connectivity index is 1.65. The number of aliphatic hydroxyl groups excluding tert-OH is 1. The largest absolute Gasteiger partial charge is 0.488 e. The average Bonchev–Trinajstić information content (AvgIpc) is 2.48. The van der Waals surface area contributed by atoms with Gasteiger partial charge in [-0.25, -0.2) is 0 Å². The van der Waals surface area contributed by atoms with Gasteiger partial charge in [-0.05, 0) is 31.0 Å². The predicted molar refractivity (Wildman–Crippen MR) is 78.8 cm³/mol. The van der Waals surface area contributed by atoms with E-state index in [9.17, 15) is 5.11 Å². The van der Waals surface area contributed by atoms with Crippen LogP contribution in [0.4, 0.5) is 0 Å². The lowest BCUT2D eigenvalue weighted by Gasteiger charge is -2.13. The van der Waals surface area contributed by atoms with Gasteiger partial charge >= 0.3 is 0 Å². The van der Waals surface area contributed by atoms with Crippen LogP contribution in [0.1, 0.15) is 11.1 Å². The lowest BCUT2D eigenvalue weighted by atomic mass is 10.2. The van der Waals surface area contributed by atoms with E-state index in [0.717, 1.165) is 12.2 Å². The Kier molecular flexibility index (Phi) is 5.59. The topological polar surface area (TPSA) is 38.7 Å². The van der Waals surface area contributed by atoms with Crippen LogP contribution in [0.3, 0.4) is 0 Å². The Bertz CT molecular complexity index is 493. The fourth-order valence-electron chi connectivity index (χ4n) is 1.81. The fourth-order valence-corrected chi connectivity index (χ4v) is 1.81. The molecule has 0 aromatic heterocycles. The van der Waals surface area contributed by atoms with Gasteiger partial charge in [0.2, 0.25) is 0 Å². The molecular weight excluding hydrogens is 252 g/mol. The fraction of sp³-hybridized carbons (Fsp3) is 0.294. The Morgan fingerprint density at radius 1 is 1.00 bits per heavy atom. The van der Waals surface area contributed by atoms with E-state index in [2.05, 4.69) is 0 Å². The maximum Gasteiger partial charge on any atom is 0.189 e. The predicted octanol–water partition coefficient (Wildman–Crippen LogP) is 2.95. The molecule has 20 heavy (non-hydrogen) atoms. The maximum atomic E-state index is 9.70. The summed E-state index contributed by atoms with van der Waals surface area (Å²) in [7, 11) is 0. The van der Waals surface area contributed by atoms with Crippen LogP contribution in [0.5, 0.6) is 5.75 Å². The number of rotatable bonds is 7. The van der Waals surface area contributed by atoms with Crippen molar-refractivity contribution in [3.8, 4) is 5.75 Å². The van der Waals surface area contributed by atoms with Gasteiger partial charge in [0.15, 0.2) is 6.29 Å². The smallest absolute Gasteiger partial charge is 0.189 e. The minimum atomic E-state index is -0.903. The summed E-state index contributed by atoms with van der Waals surface area (Å²) >= 11 is 0. The van der Waals surface area contributed by atoms with Crippen molar-refractivity contribution in [1.82, 2.24) is 0 Å². The second-order valence-corrected chi connectivity index (χ2v) is 4.69. The zero-order valence-electron chi connectivity index (χ0n) is 11.7. The van der Waals surface area contributed by atoms with Crippen molar-refractivity contribution >= 4 is 0 Å². The first-order valence-electron chi connectivity index (χ1n) is 6.77. The molecule has 0 heterocycles. The molecule has 2 rings (SSSR count). The SMILES string of the molecule is Cc1ccc(OCC(O)OCCc2ccccc2)cc1. The third-order valence-electron chi connectivity index (χ3n) is 2.96. The van der Waals surface area contributed by atoms with Crippen molar-refractivity contribution in [2.45, 2.75) is 19.6 Å². The van der Waals surface area contributed by atoms with Gasteiger partial charge in [-0.2, -0.15) is 0 Å². The third-order valence-corrected chi connectivity index (χ3v) is 2.96. The van der Waals surface area contributed by atoms with E-state index in [4.69, 9.17) is 9.47 Å². The van der Waals surface area contributed by atoms with Crippen LogP contribution in [0.15, 0.2) is 54.6 Å². The molecule has 106 valence electrons. The van der Waals surface area contributed by atoms with Gasteiger partial charge in [0.25, 0.3) is 0 Å². The van der Waals surface area contributed by atoms with E-state index in [-0.39, 0.29) is 6.61 Å². The molecule has 3 heteroatoms. The highest BCUT2D eigenvalue weighted by Crippen LogP contribution is 2.11. The standard InChI is InChI=1S/C17H20O3/c1-14-7-9-16(10-8-14)20-13-17(18)19-12-11-15-5-3-2-4-6-15/h2-10,17-18H,11-13H2,1H3. The summed E-state index contributed by atoms with van der Waals surface area (Å²) in [5.41, 5.74) is 2.37. The Morgan fingerprint density at radius 2 is 1.70 bits per heavy atom. The summed E-state index contributed by atoms with van der Waals surface area (Å²) in [6.45, 7) is 2.63. The van der Waals surface area contributed by atoms with Crippen LogP contribution in [0, 0.1) is 6.92 Å². The number of aliphatic hydroxyl groups is 1. The molecule has 1 N–H and O–H groups in total. The number of aryl methyl sites for hydroxylation is 1. The van der Waals surface area contributed by atoms with E-state index in [0.29, 0.717) is 6.61 Å². The molecule has 0 amide bonds. The summed E-state index contributed by atoms with van der Waals surface area (Å²) < 4.78 is 10.8. The van der Waals surface area contributed by atoms with Gasteiger partial charge in [-0.1, -0.05) is 48.0 Å². The molecule has 1 atom stereocenters. The minimum Gasteiger partial charge on any atom is -0.488 e. The molecule has 0 aliphatic heterocycles. The van der Waals surface area contributed by atoms with Gasteiger partial charge < -0.3 is 14.6 Å². The van der Waals surface area contributed by atoms with Crippen molar-refractivity contribution in [1.29, 1.82) is 0 Å². The highest BCUT2D eigenvalue weighted by Gasteiger charge is 2.05. The summed E-state index contributed by atoms with van der Waals surface area (Å²) in [6, 6.07) is 17.7. The molecular formula is C17H20O3. The first-order valence-corrected chi connectivity index (χ1v) is 6.77. The van der Waals surface area contributed by atoms with Crippen molar-refractivity contribution < 1.29 is 14.6 Å². The Labute approximate surface area is 119 Å². The van der Waals surface area contributed by atoms with Gasteiger partial charge in [-0.3, -0.25) is 0 Å². The van der Waals surface area contributed by atoms with E-state index in [1.165, 1.54) is 11.1 Å². The lowest BCUT2D eigenvalue weighted by Crippen LogP contribution is -2.22. The highest BCUT2D eigenvalue weighted by molar-refractivity contribution is 5.26. The number of hydrogen-bond donors (Lipinski definition) is 1. The second-order valence-electron chi connectivity index (χ2n) is 4.69. The van der Waals surface area contributed by atoms with E-state index < -0.39 is 6.29 Å². The van der Waals surface area contributed by atoms with Crippen LogP contribution < -0.4 is 4.74 Å². The Hall–Kier alpha value is -1.84. The molecule has 0 fully saturated rings. The van der Waals surface area contributed by atoms with Crippen LogP contribution in [0.2, 0.25) is 0 Å².